The average molecular weight is 433 g/mol. The standard InChI is InChI=1S/C17H13BrN4OS2/c1-11-9-24-16(21-11)14(8-19)15(23)10-25-17-20-6-7-22(17)13-4-2-12(18)3-5-13/h2-7,9,14H,10H2,1H3. The zero-order chi connectivity index (χ0) is 17.8. The summed E-state index contributed by atoms with van der Waals surface area (Å²) in [6.07, 6.45) is 3.54. The highest BCUT2D eigenvalue weighted by Crippen LogP contribution is 2.26. The van der Waals surface area contributed by atoms with E-state index >= 15 is 0 Å². The SMILES string of the molecule is Cc1csc(C(C#N)C(=O)CSc2nccn2-c2ccc(Br)cc2)n1. The third-order valence-electron chi connectivity index (χ3n) is 3.39. The molecule has 0 aliphatic rings. The second kappa shape index (κ2) is 7.95. The molecular formula is C17H13BrN4OS2. The summed E-state index contributed by atoms with van der Waals surface area (Å²) in [5, 5.41) is 12.5. The van der Waals surface area contributed by atoms with Crippen LogP contribution in [0.1, 0.15) is 16.6 Å². The molecule has 0 aliphatic carbocycles. The van der Waals surface area contributed by atoms with Crippen molar-refractivity contribution in [3.05, 3.63) is 57.2 Å². The summed E-state index contributed by atoms with van der Waals surface area (Å²) in [6.45, 7) is 1.85. The Labute approximate surface area is 161 Å². The maximum absolute atomic E-state index is 12.5. The molecule has 2 heterocycles. The largest absolute Gasteiger partial charge is 0.297 e. The highest BCUT2D eigenvalue weighted by Gasteiger charge is 2.23. The van der Waals surface area contributed by atoms with Crippen LogP contribution in [0.4, 0.5) is 0 Å². The van der Waals surface area contributed by atoms with Crippen molar-refractivity contribution < 1.29 is 4.79 Å². The number of carbonyl (C=O) groups is 1. The molecule has 0 radical (unpaired) electrons. The number of carbonyl (C=O) groups excluding carboxylic acids is 1. The van der Waals surface area contributed by atoms with E-state index in [1.807, 2.05) is 47.3 Å². The number of halogens is 1. The van der Waals surface area contributed by atoms with Gasteiger partial charge < -0.3 is 0 Å². The Balaban J connectivity index is 1.72. The summed E-state index contributed by atoms with van der Waals surface area (Å²) < 4.78 is 2.91. The van der Waals surface area contributed by atoms with Crippen molar-refractivity contribution in [2.75, 3.05) is 5.75 Å². The van der Waals surface area contributed by atoms with Gasteiger partial charge in [0.15, 0.2) is 16.9 Å². The minimum Gasteiger partial charge on any atom is -0.297 e. The van der Waals surface area contributed by atoms with E-state index in [4.69, 9.17) is 0 Å². The summed E-state index contributed by atoms with van der Waals surface area (Å²) in [5.74, 6) is -0.806. The zero-order valence-electron chi connectivity index (χ0n) is 13.2. The smallest absolute Gasteiger partial charge is 0.173 e. The summed E-state index contributed by atoms with van der Waals surface area (Å²) in [7, 11) is 0. The topological polar surface area (TPSA) is 71.6 Å². The number of hydrogen-bond donors (Lipinski definition) is 0. The maximum Gasteiger partial charge on any atom is 0.173 e. The monoisotopic (exact) mass is 432 g/mol. The number of thioether (sulfide) groups is 1. The van der Waals surface area contributed by atoms with Crippen LogP contribution in [0, 0.1) is 18.3 Å². The molecule has 3 rings (SSSR count). The zero-order valence-corrected chi connectivity index (χ0v) is 16.4. The predicted octanol–water partition coefficient (Wildman–Crippen LogP) is 4.37. The van der Waals surface area contributed by atoms with Crippen molar-refractivity contribution in [2.45, 2.75) is 18.0 Å². The van der Waals surface area contributed by atoms with Gasteiger partial charge in [0.25, 0.3) is 0 Å². The van der Waals surface area contributed by atoms with Crippen LogP contribution in [0.25, 0.3) is 5.69 Å². The number of Topliss-reactive ketones (excluding diaryl/α,β-unsaturated/α-hetero) is 1. The fraction of sp³-hybridized carbons (Fsp3) is 0.176. The summed E-state index contributed by atoms with van der Waals surface area (Å²) in [6, 6.07) is 9.90. The molecule has 5 nitrogen and oxygen atoms in total. The minimum absolute atomic E-state index is 0.160. The maximum atomic E-state index is 12.5. The van der Waals surface area contributed by atoms with Crippen molar-refractivity contribution in [2.24, 2.45) is 0 Å². The van der Waals surface area contributed by atoms with Crippen LogP contribution in [-0.2, 0) is 4.79 Å². The van der Waals surface area contributed by atoms with E-state index in [1.165, 1.54) is 23.1 Å². The highest BCUT2D eigenvalue weighted by atomic mass is 79.9. The number of ketones is 1. The van der Waals surface area contributed by atoms with Crippen molar-refractivity contribution in [3.8, 4) is 11.8 Å². The van der Waals surface area contributed by atoms with Gasteiger partial charge in [-0.1, -0.05) is 27.7 Å². The van der Waals surface area contributed by atoms with Gasteiger partial charge in [-0.15, -0.1) is 11.3 Å². The quantitative estimate of drug-likeness (QED) is 0.540. The van der Waals surface area contributed by atoms with E-state index in [0.717, 1.165) is 15.9 Å². The normalized spacial score (nSPS) is 11.9. The molecule has 0 amide bonds. The molecule has 0 N–H and O–H groups in total. The third kappa shape index (κ3) is 4.18. The Bertz CT molecular complexity index is 927. The fourth-order valence-electron chi connectivity index (χ4n) is 2.18. The van der Waals surface area contributed by atoms with Crippen LogP contribution >= 0.6 is 39.0 Å². The molecule has 8 heteroatoms. The van der Waals surface area contributed by atoms with E-state index in [0.29, 0.717) is 10.2 Å². The molecule has 1 aromatic carbocycles. The highest BCUT2D eigenvalue weighted by molar-refractivity contribution is 9.10. The Kier molecular flexibility index (Phi) is 5.68. The Morgan fingerprint density at radius 2 is 2.20 bits per heavy atom. The summed E-state index contributed by atoms with van der Waals surface area (Å²) >= 11 is 6.08. The Hall–Kier alpha value is -1.95. The molecule has 3 aromatic rings. The molecule has 0 spiro atoms. The number of aromatic nitrogens is 3. The molecule has 0 aliphatic heterocycles. The van der Waals surface area contributed by atoms with Gasteiger partial charge in [0, 0.05) is 33.6 Å². The molecule has 126 valence electrons. The minimum atomic E-state index is -0.817. The number of thiazole rings is 1. The molecular weight excluding hydrogens is 420 g/mol. The number of nitriles is 1. The second-order valence-corrected chi connectivity index (χ2v) is 7.95. The van der Waals surface area contributed by atoms with Gasteiger partial charge in [-0.3, -0.25) is 9.36 Å². The molecule has 0 saturated carbocycles. The van der Waals surface area contributed by atoms with Gasteiger partial charge in [-0.2, -0.15) is 5.26 Å². The van der Waals surface area contributed by atoms with Crippen molar-refractivity contribution in [3.63, 3.8) is 0 Å². The van der Waals surface area contributed by atoms with Gasteiger partial charge in [-0.05, 0) is 31.2 Å². The summed E-state index contributed by atoms with van der Waals surface area (Å²) in [5.41, 5.74) is 1.79. The van der Waals surface area contributed by atoms with Crippen molar-refractivity contribution >= 4 is 44.8 Å². The van der Waals surface area contributed by atoms with Crippen LogP contribution < -0.4 is 0 Å². The van der Waals surface area contributed by atoms with Gasteiger partial charge in [0.2, 0.25) is 0 Å². The van der Waals surface area contributed by atoms with Crippen molar-refractivity contribution in [1.29, 1.82) is 5.26 Å². The molecule has 2 aromatic heterocycles. The molecule has 1 unspecified atom stereocenters. The van der Waals surface area contributed by atoms with Crippen LogP contribution in [0.2, 0.25) is 0 Å². The van der Waals surface area contributed by atoms with Crippen LogP contribution in [0.5, 0.6) is 0 Å². The molecule has 25 heavy (non-hydrogen) atoms. The molecule has 0 bridgehead atoms. The Morgan fingerprint density at radius 1 is 1.44 bits per heavy atom. The molecule has 0 saturated heterocycles. The number of imidazole rings is 1. The number of aryl methyl sites for hydroxylation is 1. The number of nitrogens with zero attached hydrogens (tertiary/aromatic N) is 4. The van der Waals surface area contributed by atoms with Crippen LogP contribution in [0.15, 0.2) is 51.7 Å². The third-order valence-corrected chi connectivity index (χ3v) is 5.94. The lowest BCUT2D eigenvalue weighted by molar-refractivity contribution is -0.116. The lowest BCUT2D eigenvalue weighted by Crippen LogP contribution is -2.13. The van der Waals surface area contributed by atoms with Crippen LogP contribution in [-0.4, -0.2) is 26.1 Å². The van der Waals surface area contributed by atoms with E-state index in [-0.39, 0.29) is 11.5 Å². The lowest BCUT2D eigenvalue weighted by atomic mass is 10.1. The molecule has 1 atom stereocenters. The fourth-order valence-corrected chi connectivity index (χ4v) is 4.19. The van der Waals surface area contributed by atoms with Crippen molar-refractivity contribution in [1.82, 2.24) is 14.5 Å². The predicted molar refractivity (Wildman–Crippen MR) is 102 cm³/mol. The molecule has 0 fully saturated rings. The first-order chi connectivity index (χ1) is 12.1. The first-order valence-electron chi connectivity index (χ1n) is 7.35. The Morgan fingerprint density at radius 3 is 2.84 bits per heavy atom. The lowest BCUT2D eigenvalue weighted by Gasteiger charge is -2.08. The van der Waals surface area contributed by atoms with E-state index < -0.39 is 5.92 Å². The number of hydrogen-bond acceptors (Lipinski definition) is 6. The number of benzene rings is 1. The van der Waals surface area contributed by atoms with Gasteiger partial charge in [-0.25, -0.2) is 9.97 Å². The summed E-state index contributed by atoms with van der Waals surface area (Å²) in [4.78, 5) is 21.0. The second-order valence-electron chi connectivity index (χ2n) is 5.20. The van der Waals surface area contributed by atoms with E-state index in [2.05, 4.69) is 32.0 Å². The van der Waals surface area contributed by atoms with Gasteiger partial charge in [0.05, 0.1) is 11.8 Å². The number of rotatable bonds is 6. The first kappa shape index (κ1) is 17.9. The van der Waals surface area contributed by atoms with Gasteiger partial charge >= 0.3 is 0 Å². The average Bonchev–Trinajstić information content (AvgIpc) is 3.23. The van der Waals surface area contributed by atoms with E-state index in [9.17, 15) is 10.1 Å². The van der Waals surface area contributed by atoms with Gasteiger partial charge in [0.1, 0.15) is 5.01 Å². The first-order valence-corrected chi connectivity index (χ1v) is 10.0. The van der Waals surface area contributed by atoms with E-state index in [1.54, 1.807) is 6.20 Å². The van der Waals surface area contributed by atoms with Crippen LogP contribution in [0.3, 0.4) is 0 Å².